The first-order valence-corrected chi connectivity index (χ1v) is 5.89. The molecule has 0 aromatic heterocycles. The number of nitrogens with one attached hydrogen (secondary N) is 1. The lowest BCUT2D eigenvalue weighted by Crippen LogP contribution is -2.47. The van der Waals surface area contributed by atoms with E-state index in [-0.39, 0.29) is 22.8 Å². The Morgan fingerprint density at radius 2 is 1.67 bits per heavy atom. The summed E-state index contributed by atoms with van der Waals surface area (Å²) >= 11 is 0. The van der Waals surface area contributed by atoms with Crippen molar-refractivity contribution in [1.29, 1.82) is 0 Å². The Hall–Kier alpha value is -0.530. The Balaban J connectivity index is 4.32. The molecule has 0 saturated heterocycles. The molecule has 2 heteroatoms. The average Bonchev–Trinajstić information content (AvgIpc) is 1.96. The molecule has 15 heavy (non-hydrogen) atoms. The second-order valence-corrected chi connectivity index (χ2v) is 6.42. The largest absolute Gasteiger partial charge is 0.351 e. The predicted octanol–water partition coefficient (Wildman–Crippen LogP) is 3.36. The normalized spacial score (nSPS) is 14.9. The maximum atomic E-state index is 11.8. The van der Waals surface area contributed by atoms with Gasteiger partial charge in [-0.25, -0.2) is 0 Å². The third kappa shape index (κ3) is 6.53. The number of rotatable bonds is 4. The molecule has 0 heterocycles. The van der Waals surface area contributed by atoms with E-state index in [1.165, 1.54) is 0 Å². The molecule has 0 aliphatic rings. The molecule has 1 unspecified atom stereocenters. The Labute approximate surface area is 94.8 Å². The molecule has 0 radical (unpaired) electrons. The molecule has 0 bridgehead atoms. The highest BCUT2D eigenvalue weighted by atomic mass is 16.2. The molecule has 0 fully saturated rings. The molecule has 1 N–H and O–H groups in total. The third-order valence-corrected chi connectivity index (χ3v) is 2.49. The van der Waals surface area contributed by atoms with E-state index < -0.39 is 0 Å². The minimum atomic E-state index is -0.112. The van der Waals surface area contributed by atoms with Crippen LogP contribution in [-0.2, 0) is 4.79 Å². The molecule has 0 aliphatic heterocycles. The Morgan fingerprint density at radius 1 is 1.20 bits per heavy atom. The average molecular weight is 213 g/mol. The van der Waals surface area contributed by atoms with E-state index in [4.69, 9.17) is 0 Å². The quantitative estimate of drug-likeness (QED) is 0.762. The summed E-state index contributed by atoms with van der Waals surface area (Å²) in [5, 5.41) is 3.12. The summed E-state index contributed by atoms with van der Waals surface area (Å²) in [6, 6.07) is 0. The SMILES string of the molecule is CCC(C)C(=O)NC(C)(C)CC(C)(C)C. The van der Waals surface area contributed by atoms with Gasteiger partial charge in [-0.1, -0.05) is 34.6 Å². The van der Waals surface area contributed by atoms with Crippen LogP contribution in [0.25, 0.3) is 0 Å². The summed E-state index contributed by atoms with van der Waals surface area (Å²) in [6.07, 6.45) is 1.89. The van der Waals surface area contributed by atoms with Gasteiger partial charge in [-0.2, -0.15) is 0 Å². The van der Waals surface area contributed by atoms with Crippen molar-refractivity contribution >= 4 is 5.91 Å². The first kappa shape index (κ1) is 14.5. The van der Waals surface area contributed by atoms with Crippen LogP contribution in [0, 0.1) is 11.3 Å². The first-order valence-electron chi connectivity index (χ1n) is 5.89. The van der Waals surface area contributed by atoms with Gasteiger partial charge >= 0.3 is 0 Å². The van der Waals surface area contributed by atoms with Crippen LogP contribution in [0.5, 0.6) is 0 Å². The maximum absolute atomic E-state index is 11.8. The van der Waals surface area contributed by atoms with Crippen LogP contribution in [0.2, 0.25) is 0 Å². The van der Waals surface area contributed by atoms with E-state index in [1.54, 1.807) is 0 Å². The number of carbonyl (C=O) groups excluding carboxylic acids is 1. The second kappa shape index (κ2) is 5.00. The zero-order valence-corrected chi connectivity index (χ0v) is 11.4. The van der Waals surface area contributed by atoms with Crippen LogP contribution in [-0.4, -0.2) is 11.4 Å². The number of carbonyl (C=O) groups is 1. The molecule has 0 spiro atoms. The minimum Gasteiger partial charge on any atom is -0.351 e. The number of hydrogen-bond donors (Lipinski definition) is 1. The van der Waals surface area contributed by atoms with Gasteiger partial charge in [-0.15, -0.1) is 0 Å². The van der Waals surface area contributed by atoms with Crippen LogP contribution in [0.15, 0.2) is 0 Å². The van der Waals surface area contributed by atoms with Crippen LogP contribution < -0.4 is 5.32 Å². The molecule has 2 nitrogen and oxygen atoms in total. The van der Waals surface area contributed by atoms with Gasteiger partial charge in [-0.3, -0.25) is 4.79 Å². The fourth-order valence-electron chi connectivity index (χ4n) is 2.01. The number of hydrogen-bond acceptors (Lipinski definition) is 1. The van der Waals surface area contributed by atoms with Crippen molar-refractivity contribution < 1.29 is 4.79 Å². The monoisotopic (exact) mass is 213 g/mol. The van der Waals surface area contributed by atoms with Gasteiger partial charge in [0.15, 0.2) is 0 Å². The zero-order valence-electron chi connectivity index (χ0n) is 11.4. The van der Waals surface area contributed by atoms with Crippen molar-refractivity contribution in [2.75, 3.05) is 0 Å². The predicted molar refractivity (Wildman–Crippen MR) is 65.7 cm³/mol. The summed E-state index contributed by atoms with van der Waals surface area (Å²) in [5.74, 6) is 0.288. The van der Waals surface area contributed by atoms with E-state index in [9.17, 15) is 4.79 Å². The number of amides is 1. The van der Waals surface area contributed by atoms with Crippen LogP contribution in [0.1, 0.15) is 61.3 Å². The zero-order chi connectivity index (χ0) is 12.3. The van der Waals surface area contributed by atoms with Crippen molar-refractivity contribution in [1.82, 2.24) is 5.32 Å². The molecule has 0 saturated carbocycles. The summed E-state index contributed by atoms with van der Waals surface area (Å²) in [6.45, 7) is 14.8. The van der Waals surface area contributed by atoms with E-state index in [0.717, 1.165) is 12.8 Å². The molecular formula is C13H27NO. The van der Waals surface area contributed by atoms with Crippen molar-refractivity contribution in [3.63, 3.8) is 0 Å². The molecule has 0 aromatic carbocycles. The topological polar surface area (TPSA) is 29.1 Å². The van der Waals surface area contributed by atoms with Crippen LogP contribution >= 0.6 is 0 Å². The van der Waals surface area contributed by atoms with E-state index in [1.807, 2.05) is 13.8 Å². The summed E-state index contributed by atoms with van der Waals surface area (Å²) in [7, 11) is 0. The highest BCUT2D eigenvalue weighted by Crippen LogP contribution is 2.27. The lowest BCUT2D eigenvalue weighted by Gasteiger charge is -2.34. The van der Waals surface area contributed by atoms with E-state index in [2.05, 4.69) is 39.9 Å². The summed E-state index contributed by atoms with van der Waals surface area (Å²) < 4.78 is 0. The standard InChI is InChI=1S/C13H27NO/c1-8-10(2)11(15)14-13(6,7)9-12(3,4)5/h10H,8-9H2,1-7H3,(H,14,15). The molecule has 0 aliphatic carbocycles. The molecule has 0 aromatic rings. The molecular weight excluding hydrogens is 186 g/mol. The van der Waals surface area contributed by atoms with Crippen molar-refractivity contribution in [3.8, 4) is 0 Å². The van der Waals surface area contributed by atoms with Crippen LogP contribution in [0.3, 0.4) is 0 Å². The lowest BCUT2D eigenvalue weighted by atomic mass is 9.81. The molecule has 0 rings (SSSR count). The Bertz CT molecular complexity index is 213. The fourth-order valence-corrected chi connectivity index (χ4v) is 2.01. The molecule has 90 valence electrons. The van der Waals surface area contributed by atoms with Gasteiger partial charge in [0.1, 0.15) is 0 Å². The van der Waals surface area contributed by atoms with Gasteiger partial charge in [0.05, 0.1) is 0 Å². The fraction of sp³-hybridized carbons (Fsp3) is 0.923. The van der Waals surface area contributed by atoms with Gasteiger partial charge in [0.2, 0.25) is 5.91 Å². The second-order valence-electron chi connectivity index (χ2n) is 6.42. The highest BCUT2D eigenvalue weighted by molar-refractivity contribution is 5.78. The van der Waals surface area contributed by atoms with Crippen LogP contribution in [0.4, 0.5) is 0 Å². The highest BCUT2D eigenvalue weighted by Gasteiger charge is 2.27. The van der Waals surface area contributed by atoms with Gasteiger partial charge in [0.25, 0.3) is 0 Å². The Kier molecular flexibility index (Phi) is 4.82. The summed E-state index contributed by atoms with van der Waals surface area (Å²) in [4.78, 5) is 11.8. The van der Waals surface area contributed by atoms with Gasteiger partial charge in [0, 0.05) is 11.5 Å². The molecule has 1 amide bonds. The van der Waals surface area contributed by atoms with E-state index >= 15 is 0 Å². The summed E-state index contributed by atoms with van der Waals surface area (Å²) in [5.41, 5.74) is 0.130. The minimum absolute atomic E-state index is 0.112. The molecule has 1 atom stereocenters. The van der Waals surface area contributed by atoms with E-state index in [0.29, 0.717) is 0 Å². The van der Waals surface area contributed by atoms with Gasteiger partial charge in [-0.05, 0) is 32.1 Å². The van der Waals surface area contributed by atoms with Crippen molar-refractivity contribution in [3.05, 3.63) is 0 Å². The van der Waals surface area contributed by atoms with Crippen molar-refractivity contribution in [2.45, 2.75) is 66.8 Å². The maximum Gasteiger partial charge on any atom is 0.223 e. The third-order valence-electron chi connectivity index (χ3n) is 2.49. The smallest absolute Gasteiger partial charge is 0.223 e. The first-order chi connectivity index (χ1) is 6.57. The van der Waals surface area contributed by atoms with Gasteiger partial charge < -0.3 is 5.32 Å². The lowest BCUT2D eigenvalue weighted by molar-refractivity contribution is -0.126. The van der Waals surface area contributed by atoms with Crippen molar-refractivity contribution in [2.24, 2.45) is 11.3 Å². The Morgan fingerprint density at radius 3 is 2.00 bits per heavy atom.